The van der Waals surface area contributed by atoms with Crippen LogP contribution in [-0.4, -0.2) is 35.1 Å². The fourth-order valence-electron chi connectivity index (χ4n) is 2.96. The summed E-state index contributed by atoms with van der Waals surface area (Å²) in [5.41, 5.74) is 0.750. The molecule has 0 amide bonds. The van der Waals surface area contributed by atoms with Gasteiger partial charge >= 0.3 is 5.97 Å². The predicted octanol–water partition coefficient (Wildman–Crippen LogP) is 2.94. The van der Waals surface area contributed by atoms with Crippen LogP contribution in [0.2, 0.25) is 0 Å². The molecule has 20 heavy (non-hydrogen) atoms. The van der Waals surface area contributed by atoms with Crippen molar-refractivity contribution in [1.82, 2.24) is 4.90 Å². The number of halogens is 1. The molecule has 0 aliphatic carbocycles. The van der Waals surface area contributed by atoms with Crippen molar-refractivity contribution in [3.8, 4) is 0 Å². The summed E-state index contributed by atoms with van der Waals surface area (Å²) in [5, 5.41) is 9.02. The summed E-state index contributed by atoms with van der Waals surface area (Å²) in [7, 11) is 0. The van der Waals surface area contributed by atoms with Gasteiger partial charge in [-0.15, -0.1) is 0 Å². The van der Waals surface area contributed by atoms with Crippen LogP contribution in [0.1, 0.15) is 31.7 Å². The Hall–Kier alpha value is -1.42. The number of carbonyl (C=O) groups is 1. The van der Waals surface area contributed by atoms with E-state index in [-0.39, 0.29) is 11.7 Å². The Morgan fingerprint density at radius 1 is 1.40 bits per heavy atom. The van der Waals surface area contributed by atoms with Crippen molar-refractivity contribution in [1.29, 1.82) is 0 Å². The fourth-order valence-corrected chi connectivity index (χ4v) is 2.96. The molecule has 1 unspecified atom stereocenters. The van der Waals surface area contributed by atoms with Crippen LogP contribution in [-0.2, 0) is 11.2 Å². The molecule has 0 radical (unpaired) electrons. The van der Waals surface area contributed by atoms with Crippen LogP contribution >= 0.6 is 0 Å². The molecule has 4 heteroatoms. The minimum atomic E-state index is -0.688. The van der Waals surface area contributed by atoms with Gasteiger partial charge in [0.05, 0.1) is 5.92 Å². The van der Waals surface area contributed by atoms with Crippen molar-refractivity contribution < 1.29 is 14.3 Å². The molecule has 0 saturated carbocycles. The summed E-state index contributed by atoms with van der Waals surface area (Å²) < 4.78 is 13.7. The van der Waals surface area contributed by atoms with Crippen molar-refractivity contribution in [3.05, 3.63) is 35.6 Å². The van der Waals surface area contributed by atoms with Gasteiger partial charge in [-0.2, -0.15) is 0 Å². The highest BCUT2D eigenvalue weighted by atomic mass is 19.1. The zero-order valence-electron chi connectivity index (χ0n) is 11.9. The molecule has 1 heterocycles. The Morgan fingerprint density at radius 2 is 2.05 bits per heavy atom. The van der Waals surface area contributed by atoms with Crippen molar-refractivity contribution in [2.24, 2.45) is 5.92 Å². The summed E-state index contributed by atoms with van der Waals surface area (Å²) in [5.74, 6) is -1.05. The molecule has 1 saturated heterocycles. The molecule has 1 aromatic carbocycles. The third-order valence-electron chi connectivity index (χ3n) is 4.28. The number of carboxylic acid groups (broad SMARTS) is 1. The first kappa shape index (κ1) is 15.0. The monoisotopic (exact) mass is 279 g/mol. The largest absolute Gasteiger partial charge is 0.481 e. The average molecular weight is 279 g/mol. The second-order valence-corrected chi connectivity index (χ2v) is 5.51. The lowest BCUT2D eigenvalue weighted by molar-refractivity contribution is -0.143. The average Bonchev–Trinajstić information content (AvgIpc) is 2.46. The number of nitrogens with zero attached hydrogens (tertiary/aromatic N) is 1. The third-order valence-corrected chi connectivity index (χ3v) is 4.28. The molecule has 2 rings (SSSR count). The standard InChI is InChI=1S/C16H22FNO2/c1-2-14(11-13-5-3-4-6-15(13)17)18-9-7-12(8-10-18)16(19)20/h3-6,12,14H,2,7-11H2,1H3,(H,19,20). The first-order valence-corrected chi connectivity index (χ1v) is 7.32. The highest BCUT2D eigenvalue weighted by molar-refractivity contribution is 5.70. The van der Waals surface area contributed by atoms with Gasteiger partial charge in [-0.25, -0.2) is 4.39 Å². The fraction of sp³-hybridized carbons (Fsp3) is 0.562. The minimum Gasteiger partial charge on any atom is -0.481 e. The predicted molar refractivity (Wildman–Crippen MR) is 76.1 cm³/mol. The zero-order chi connectivity index (χ0) is 14.5. The minimum absolute atomic E-state index is 0.147. The number of aliphatic carboxylic acids is 1. The van der Waals surface area contributed by atoms with E-state index < -0.39 is 5.97 Å². The molecule has 1 aromatic rings. The number of hydrogen-bond acceptors (Lipinski definition) is 2. The van der Waals surface area contributed by atoms with Gasteiger partial charge in [0.1, 0.15) is 5.82 Å². The Balaban J connectivity index is 1.96. The van der Waals surface area contributed by atoms with Crippen LogP contribution < -0.4 is 0 Å². The van der Waals surface area contributed by atoms with Crippen LogP contribution in [0.4, 0.5) is 4.39 Å². The molecule has 3 nitrogen and oxygen atoms in total. The maximum atomic E-state index is 13.7. The Bertz CT molecular complexity index is 456. The molecule has 1 aliphatic rings. The van der Waals surface area contributed by atoms with Gasteiger partial charge in [-0.05, 0) is 50.4 Å². The molecule has 0 bridgehead atoms. The Kier molecular flexibility index (Phi) is 5.12. The number of likely N-dealkylation sites (tertiary alicyclic amines) is 1. The number of carboxylic acids is 1. The van der Waals surface area contributed by atoms with E-state index in [2.05, 4.69) is 11.8 Å². The molecular weight excluding hydrogens is 257 g/mol. The van der Waals surface area contributed by atoms with Crippen LogP contribution in [0.25, 0.3) is 0 Å². The highest BCUT2D eigenvalue weighted by Gasteiger charge is 2.28. The summed E-state index contributed by atoms with van der Waals surface area (Å²) in [6.45, 7) is 3.70. The van der Waals surface area contributed by atoms with E-state index in [9.17, 15) is 9.18 Å². The summed E-state index contributed by atoms with van der Waals surface area (Å²) >= 11 is 0. The lowest BCUT2D eigenvalue weighted by Gasteiger charge is -2.36. The van der Waals surface area contributed by atoms with E-state index in [4.69, 9.17) is 5.11 Å². The second-order valence-electron chi connectivity index (χ2n) is 5.51. The zero-order valence-corrected chi connectivity index (χ0v) is 11.9. The molecule has 110 valence electrons. The maximum absolute atomic E-state index is 13.7. The highest BCUT2D eigenvalue weighted by Crippen LogP contribution is 2.22. The van der Waals surface area contributed by atoms with Gasteiger partial charge in [-0.3, -0.25) is 4.79 Å². The lowest BCUT2D eigenvalue weighted by Crippen LogP contribution is -2.43. The van der Waals surface area contributed by atoms with Crippen LogP contribution in [0.5, 0.6) is 0 Å². The van der Waals surface area contributed by atoms with Gasteiger partial charge in [0, 0.05) is 6.04 Å². The summed E-state index contributed by atoms with van der Waals surface area (Å²) in [4.78, 5) is 13.3. The van der Waals surface area contributed by atoms with Gasteiger partial charge in [0.15, 0.2) is 0 Å². The first-order valence-electron chi connectivity index (χ1n) is 7.32. The topological polar surface area (TPSA) is 40.5 Å². The third kappa shape index (κ3) is 3.57. The van der Waals surface area contributed by atoms with Crippen LogP contribution in [0, 0.1) is 11.7 Å². The number of benzene rings is 1. The normalized spacial score (nSPS) is 18.9. The van der Waals surface area contributed by atoms with E-state index in [1.807, 2.05) is 12.1 Å². The van der Waals surface area contributed by atoms with Gasteiger partial charge in [-0.1, -0.05) is 25.1 Å². The molecule has 1 N–H and O–H groups in total. The van der Waals surface area contributed by atoms with Gasteiger partial charge < -0.3 is 10.0 Å². The van der Waals surface area contributed by atoms with Crippen LogP contribution in [0.3, 0.4) is 0 Å². The van der Waals surface area contributed by atoms with Crippen molar-refractivity contribution >= 4 is 5.97 Å². The van der Waals surface area contributed by atoms with E-state index >= 15 is 0 Å². The van der Waals surface area contributed by atoms with E-state index in [0.29, 0.717) is 25.3 Å². The Morgan fingerprint density at radius 3 is 2.60 bits per heavy atom. The maximum Gasteiger partial charge on any atom is 0.306 e. The summed E-state index contributed by atoms with van der Waals surface area (Å²) in [6.07, 6.45) is 3.04. The van der Waals surface area contributed by atoms with Crippen molar-refractivity contribution in [3.63, 3.8) is 0 Å². The number of piperidine rings is 1. The first-order chi connectivity index (χ1) is 9.61. The van der Waals surface area contributed by atoms with E-state index in [1.165, 1.54) is 6.07 Å². The smallest absolute Gasteiger partial charge is 0.306 e. The second kappa shape index (κ2) is 6.84. The number of rotatable bonds is 5. The SMILES string of the molecule is CCC(Cc1ccccc1F)N1CCC(C(=O)O)CC1. The molecule has 0 aromatic heterocycles. The van der Waals surface area contributed by atoms with Gasteiger partial charge in [0.2, 0.25) is 0 Å². The molecular formula is C16H22FNO2. The lowest BCUT2D eigenvalue weighted by atomic mass is 9.93. The van der Waals surface area contributed by atoms with E-state index in [1.54, 1.807) is 6.07 Å². The Labute approximate surface area is 119 Å². The van der Waals surface area contributed by atoms with Crippen molar-refractivity contribution in [2.75, 3.05) is 13.1 Å². The van der Waals surface area contributed by atoms with Crippen LogP contribution in [0.15, 0.2) is 24.3 Å². The van der Waals surface area contributed by atoms with Crippen molar-refractivity contribution in [2.45, 2.75) is 38.6 Å². The molecule has 0 spiro atoms. The quantitative estimate of drug-likeness (QED) is 0.901. The van der Waals surface area contributed by atoms with E-state index in [0.717, 1.165) is 25.1 Å². The summed E-state index contributed by atoms with van der Waals surface area (Å²) in [6, 6.07) is 7.20. The molecule has 1 aliphatic heterocycles. The molecule has 1 atom stereocenters. The number of hydrogen-bond donors (Lipinski definition) is 1. The molecule has 1 fully saturated rings. The van der Waals surface area contributed by atoms with Gasteiger partial charge in [0.25, 0.3) is 0 Å².